The van der Waals surface area contributed by atoms with E-state index in [0.717, 1.165) is 5.56 Å². The molecule has 0 saturated carbocycles. The van der Waals surface area contributed by atoms with Gasteiger partial charge < -0.3 is 4.74 Å². The third-order valence-electron chi connectivity index (χ3n) is 3.26. The summed E-state index contributed by atoms with van der Waals surface area (Å²) in [4.78, 5) is 4.54. The summed E-state index contributed by atoms with van der Waals surface area (Å²) >= 11 is 1.28. The number of fused-ring (bicyclic) bond motifs is 1. The molecule has 3 heterocycles. The van der Waals surface area contributed by atoms with E-state index in [0.29, 0.717) is 21.4 Å². The molecule has 25 heavy (non-hydrogen) atoms. The lowest BCUT2D eigenvalue weighted by Crippen LogP contribution is -2.16. The van der Waals surface area contributed by atoms with Crippen molar-refractivity contribution >= 4 is 16.3 Å². The molecule has 0 spiro atoms. The van der Waals surface area contributed by atoms with Crippen molar-refractivity contribution in [1.82, 2.24) is 24.8 Å². The number of rotatable bonds is 3. The van der Waals surface area contributed by atoms with Gasteiger partial charge in [0.15, 0.2) is 5.82 Å². The first-order valence-corrected chi connectivity index (χ1v) is 7.80. The van der Waals surface area contributed by atoms with Crippen LogP contribution in [0.4, 0.5) is 13.2 Å². The number of aromatic nitrogens is 5. The molecular formula is C15H8F3N5OS. The largest absolute Gasteiger partial charge is 0.573 e. The summed E-state index contributed by atoms with van der Waals surface area (Å²) < 4.78 is 42.1. The van der Waals surface area contributed by atoms with E-state index < -0.39 is 6.36 Å². The predicted molar refractivity (Wildman–Crippen MR) is 84.0 cm³/mol. The molecule has 0 saturated heterocycles. The highest BCUT2D eigenvalue weighted by Gasteiger charge is 2.31. The van der Waals surface area contributed by atoms with E-state index in [2.05, 4.69) is 25.0 Å². The molecule has 0 unspecified atom stereocenters. The van der Waals surface area contributed by atoms with Gasteiger partial charge in [0.05, 0.1) is 0 Å². The highest BCUT2D eigenvalue weighted by molar-refractivity contribution is 7.19. The molecule has 0 aliphatic rings. The van der Waals surface area contributed by atoms with Gasteiger partial charge in [-0.25, -0.2) is 0 Å². The topological polar surface area (TPSA) is 65.2 Å². The smallest absolute Gasteiger partial charge is 0.406 e. The zero-order chi connectivity index (χ0) is 17.4. The summed E-state index contributed by atoms with van der Waals surface area (Å²) in [5.41, 5.74) is 1.47. The average Bonchev–Trinajstić information content (AvgIpc) is 3.15. The van der Waals surface area contributed by atoms with E-state index in [4.69, 9.17) is 0 Å². The zero-order valence-electron chi connectivity index (χ0n) is 12.3. The number of halogens is 3. The van der Waals surface area contributed by atoms with E-state index in [1.165, 1.54) is 35.6 Å². The first-order valence-electron chi connectivity index (χ1n) is 6.98. The highest BCUT2D eigenvalue weighted by atomic mass is 32.1. The molecule has 0 aliphatic carbocycles. The number of alkyl halides is 3. The Morgan fingerprint density at radius 1 is 0.920 bits per heavy atom. The van der Waals surface area contributed by atoms with Crippen LogP contribution in [-0.2, 0) is 0 Å². The van der Waals surface area contributed by atoms with E-state index in [9.17, 15) is 13.2 Å². The molecule has 4 rings (SSSR count). The van der Waals surface area contributed by atoms with Gasteiger partial charge in [0, 0.05) is 23.5 Å². The van der Waals surface area contributed by atoms with Crippen LogP contribution < -0.4 is 4.74 Å². The summed E-state index contributed by atoms with van der Waals surface area (Å²) in [5, 5.41) is 13.2. The Hall–Kier alpha value is -3.01. The normalized spacial score (nSPS) is 11.8. The summed E-state index contributed by atoms with van der Waals surface area (Å²) in [5.74, 6) is 0.286. The fourth-order valence-electron chi connectivity index (χ4n) is 2.21. The third kappa shape index (κ3) is 3.15. The lowest BCUT2D eigenvalue weighted by atomic mass is 10.2. The van der Waals surface area contributed by atoms with E-state index in [1.807, 2.05) is 0 Å². The molecule has 0 atom stereocenters. The number of ether oxygens (including phenoxy) is 1. The molecule has 3 aromatic heterocycles. The van der Waals surface area contributed by atoms with Gasteiger partial charge in [-0.05, 0) is 36.4 Å². The fraction of sp³-hybridized carbons (Fsp3) is 0.0667. The van der Waals surface area contributed by atoms with Gasteiger partial charge in [-0.3, -0.25) is 4.98 Å². The van der Waals surface area contributed by atoms with Crippen LogP contribution in [0.1, 0.15) is 0 Å². The van der Waals surface area contributed by atoms with Crippen molar-refractivity contribution in [1.29, 1.82) is 0 Å². The zero-order valence-corrected chi connectivity index (χ0v) is 13.1. The van der Waals surface area contributed by atoms with Crippen molar-refractivity contribution in [3.63, 3.8) is 0 Å². The molecule has 0 bridgehead atoms. The molecule has 6 nitrogen and oxygen atoms in total. The Kier molecular flexibility index (Phi) is 3.61. The van der Waals surface area contributed by atoms with Gasteiger partial charge in [0.25, 0.3) is 0 Å². The quantitative estimate of drug-likeness (QED) is 0.554. The molecule has 1 aromatic carbocycles. The van der Waals surface area contributed by atoms with Gasteiger partial charge in [-0.15, -0.1) is 23.4 Å². The number of hydrogen-bond acceptors (Lipinski definition) is 6. The summed E-state index contributed by atoms with van der Waals surface area (Å²) in [6, 6.07) is 9.10. The lowest BCUT2D eigenvalue weighted by Gasteiger charge is -2.08. The summed E-state index contributed by atoms with van der Waals surface area (Å²) in [7, 11) is 0. The Labute approximate surface area is 142 Å². The van der Waals surface area contributed by atoms with Gasteiger partial charge in [-0.1, -0.05) is 11.3 Å². The molecular weight excluding hydrogens is 355 g/mol. The first-order chi connectivity index (χ1) is 12.0. The maximum atomic E-state index is 12.2. The monoisotopic (exact) mass is 363 g/mol. The average molecular weight is 363 g/mol. The summed E-state index contributed by atoms with van der Waals surface area (Å²) in [6.07, 6.45) is -1.43. The van der Waals surface area contributed by atoms with Crippen molar-refractivity contribution in [2.45, 2.75) is 6.36 Å². The van der Waals surface area contributed by atoms with Crippen LogP contribution >= 0.6 is 11.3 Å². The predicted octanol–water partition coefficient (Wildman–Crippen LogP) is 3.81. The minimum Gasteiger partial charge on any atom is -0.406 e. The number of benzene rings is 1. The van der Waals surface area contributed by atoms with Crippen LogP contribution in [0.5, 0.6) is 5.75 Å². The second kappa shape index (κ2) is 5.81. The van der Waals surface area contributed by atoms with Crippen LogP contribution in [0.3, 0.4) is 0 Å². The van der Waals surface area contributed by atoms with Crippen molar-refractivity contribution in [3.05, 3.63) is 48.8 Å². The number of hydrogen-bond donors (Lipinski definition) is 0. The van der Waals surface area contributed by atoms with E-state index in [-0.39, 0.29) is 5.75 Å². The van der Waals surface area contributed by atoms with Crippen LogP contribution in [0.15, 0.2) is 48.8 Å². The SMILES string of the molecule is FC(F)(F)Oc1ccc(-c2nn3c(-c4ccncc4)nnc3s2)cc1. The Bertz CT molecular complexity index is 1010. The second-order valence-corrected chi connectivity index (χ2v) is 5.89. The number of pyridine rings is 1. The second-order valence-electron chi connectivity index (χ2n) is 4.93. The molecule has 0 fully saturated rings. The molecule has 10 heteroatoms. The minimum absolute atomic E-state index is 0.281. The van der Waals surface area contributed by atoms with Crippen LogP contribution in [0.2, 0.25) is 0 Å². The standard InChI is InChI=1S/C15H8F3N5OS/c16-15(17,18)24-11-3-1-10(2-4-11)13-22-23-12(20-21-14(23)25-13)9-5-7-19-8-6-9/h1-8H. The van der Waals surface area contributed by atoms with Crippen LogP contribution in [0, 0.1) is 0 Å². The van der Waals surface area contributed by atoms with Gasteiger partial charge in [-0.2, -0.15) is 9.61 Å². The third-order valence-corrected chi connectivity index (χ3v) is 4.21. The fourth-order valence-corrected chi connectivity index (χ4v) is 3.06. The minimum atomic E-state index is -4.71. The Morgan fingerprint density at radius 3 is 2.32 bits per heavy atom. The molecule has 0 amide bonds. The lowest BCUT2D eigenvalue weighted by molar-refractivity contribution is -0.274. The van der Waals surface area contributed by atoms with Crippen LogP contribution in [-0.4, -0.2) is 31.2 Å². The Morgan fingerprint density at radius 2 is 1.64 bits per heavy atom. The molecule has 0 aliphatic heterocycles. The molecule has 0 N–H and O–H groups in total. The first kappa shape index (κ1) is 15.5. The molecule has 126 valence electrons. The molecule has 4 aromatic rings. The van der Waals surface area contributed by atoms with Gasteiger partial charge in [0.2, 0.25) is 4.96 Å². The summed E-state index contributed by atoms with van der Waals surface area (Å²) in [6.45, 7) is 0. The maximum absolute atomic E-state index is 12.2. The van der Waals surface area contributed by atoms with Crippen molar-refractivity contribution in [3.8, 4) is 27.7 Å². The van der Waals surface area contributed by atoms with E-state index >= 15 is 0 Å². The van der Waals surface area contributed by atoms with Gasteiger partial charge >= 0.3 is 6.36 Å². The number of nitrogens with zero attached hydrogens (tertiary/aromatic N) is 5. The van der Waals surface area contributed by atoms with Crippen molar-refractivity contribution in [2.24, 2.45) is 0 Å². The maximum Gasteiger partial charge on any atom is 0.573 e. The van der Waals surface area contributed by atoms with Crippen molar-refractivity contribution < 1.29 is 17.9 Å². The molecule has 0 radical (unpaired) electrons. The van der Waals surface area contributed by atoms with Crippen LogP contribution in [0.25, 0.3) is 26.9 Å². The van der Waals surface area contributed by atoms with Crippen molar-refractivity contribution in [2.75, 3.05) is 0 Å². The van der Waals surface area contributed by atoms with Gasteiger partial charge in [0.1, 0.15) is 10.8 Å². The Balaban J connectivity index is 1.67. The highest BCUT2D eigenvalue weighted by Crippen LogP contribution is 2.30. The van der Waals surface area contributed by atoms with E-state index in [1.54, 1.807) is 29.0 Å².